The summed E-state index contributed by atoms with van der Waals surface area (Å²) in [7, 11) is 0. The third-order valence-electron chi connectivity index (χ3n) is 4.85. The van der Waals surface area contributed by atoms with Crippen molar-refractivity contribution in [3.05, 3.63) is 107 Å². The first-order valence-electron chi connectivity index (χ1n) is 9.54. The maximum atomic E-state index is 13.1. The molecular formula is C25H17ClFN3O. The van der Waals surface area contributed by atoms with Gasteiger partial charge in [-0.2, -0.15) is 5.26 Å². The normalized spacial score (nSPS) is 11.3. The summed E-state index contributed by atoms with van der Waals surface area (Å²) in [6.45, 7) is 0.620. The van der Waals surface area contributed by atoms with E-state index in [1.54, 1.807) is 6.08 Å². The van der Waals surface area contributed by atoms with Crippen molar-refractivity contribution >= 4 is 40.2 Å². The van der Waals surface area contributed by atoms with Crippen LogP contribution in [0.4, 0.5) is 10.1 Å². The summed E-state index contributed by atoms with van der Waals surface area (Å²) in [5, 5.41) is 13.8. The molecule has 1 heterocycles. The summed E-state index contributed by atoms with van der Waals surface area (Å²) in [6, 6.07) is 22.8. The zero-order valence-electron chi connectivity index (χ0n) is 16.3. The number of nitrogens with zero attached hydrogens (tertiary/aromatic N) is 2. The van der Waals surface area contributed by atoms with E-state index < -0.39 is 11.7 Å². The van der Waals surface area contributed by atoms with E-state index in [4.69, 9.17) is 11.6 Å². The minimum absolute atomic E-state index is 0.0429. The van der Waals surface area contributed by atoms with Crippen LogP contribution in [0, 0.1) is 17.1 Å². The van der Waals surface area contributed by atoms with Gasteiger partial charge in [0.05, 0.1) is 0 Å². The Kier molecular flexibility index (Phi) is 5.83. The number of amides is 1. The molecule has 0 aliphatic carbocycles. The predicted molar refractivity (Wildman–Crippen MR) is 121 cm³/mol. The number of hydrogen-bond acceptors (Lipinski definition) is 2. The summed E-state index contributed by atoms with van der Waals surface area (Å²) in [5.41, 5.74) is 3.20. The van der Waals surface area contributed by atoms with E-state index in [-0.39, 0.29) is 5.57 Å². The minimum atomic E-state index is -0.552. The van der Waals surface area contributed by atoms with Crippen LogP contribution in [0.3, 0.4) is 0 Å². The lowest BCUT2D eigenvalue weighted by molar-refractivity contribution is -0.112. The molecule has 0 atom stereocenters. The molecule has 4 nitrogen and oxygen atoms in total. The van der Waals surface area contributed by atoms with Gasteiger partial charge in [-0.3, -0.25) is 4.79 Å². The van der Waals surface area contributed by atoms with Crippen molar-refractivity contribution in [2.24, 2.45) is 0 Å². The van der Waals surface area contributed by atoms with Crippen LogP contribution in [0.5, 0.6) is 0 Å². The van der Waals surface area contributed by atoms with Gasteiger partial charge in [0, 0.05) is 39.9 Å². The molecule has 1 aromatic heterocycles. The molecule has 0 fully saturated rings. The number of nitriles is 1. The largest absolute Gasteiger partial charge is 0.342 e. The molecule has 0 radical (unpaired) electrons. The van der Waals surface area contributed by atoms with E-state index in [9.17, 15) is 14.4 Å². The molecule has 0 saturated heterocycles. The second kappa shape index (κ2) is 8.86. The van der Waals surface area contributed by atoms with E-state index >= 15 is 0 Å². The fraction of sp³-hybridized carbons (Fsp3) is 0.0400. The van der Waals surface area contributed by atoms with Crippen molar-refractivity contribution in [1.82, 2.24) is 4.57 Å². The van der Waals surface area contributed by atoms with Gasteiger partial charge in [0.1, 0.15) is 17.5 Å². The van der Waals surface area contributed by atoms with Crippen molar-refractivity contribution in [1.29, 1.82) is 5.26 Å². The number of carbonyl (C=O) groups excluding carboxylic acids is 1. The smallest absolute Gasteiger partial charge is 0.266 e. The molecule has 4 rings (SSSR count). The van der Waals surface area contributed by atoms with Gasteiger partial charge in [-0.1, -0.05) is 41.9 Å². The second-order valence-electron chi connectivity index (χ2n) is 6.99. The molecule has 0 aliphatic heterocycles. The maximum absolute atomic E-state index is 13.1. The van der Waals surface area contributed by atoms with E-state index in [2.05, 4.69) is 9.88 Å². The highest BCUT2D eigenvalue weighted by Gasteiger charge is 2.13. The standard InChI is InChI=1S/C25H17ClFN3O/c26-20-7-5-17(6-8-20)15-30-16-19(23-3-1-2-4-24(23)30)13-18(14-28)25(31)29-22-11-9-21(27)10-12-22/h1-13,16H,15H2,(H,29,31). The monoisotopic (exact) mass is 429 g/mol. The SMILES string of the molecule is N#CC(=Cc1cn(Cc2ccc(Cl)cc2)c2ccccc12)C(=O)Nc1ccc(F)cc1. The lowest BCUT2D eigenvalue weighted by Gasteiger charge is -2.05. The van der Waals surface area contributed by atoms with Crippen LogP contribution in [-0.2, 0) is 11.3 Å². The van der Waals surface area contributed by atoms with Gasteiger partial charge in [0.15, 0.2) is 0 Å². The Labute approximate surface area is 183 Å². The van der Waals surface area contributed by atoms with Crippen LogP contribution in [0.2, 0.25) is 5.02 Å². The lowest BCUT2D eigenvalue weighted by atomic mass is 10.1. The Hall–Kier alpha value is -3.88. The van der Waals surface area contributed by atoms with Crippen LogP contribution in [-0.4, -0.2) is 10.5 Å². The van der Waals surface area contributed by atoms with E-state index in [1.807, 2.05) is 60.8 Å². The quantitative estimate of drug-likeness (QED) is 0.311. The molecule has 4 aromatic rings. The first kappa shape index (κ1) is 20.4. The number of rotatable bonds is 5. The van der Waals surface area contributed by atoms with E-state index in [1.165, 1.54) is 24.3 Å². The van der Waals surface area contributed by atoms with Gasteiger partial charge in [-0.25, -0.2) is 4.39 Å². The average Bonchev–Trinajstić information content (AvgIpc) is 3.12. The summed E-state index contributed by atoms with van der Waals surface area (Å²) in [5.74, 6) is -0.953. The Morgan fingerprint density at radius 2 is 1.77 bits per heavy atom. The molecule has 152 valence electrons. The summed E-state index contributed by atoms with van der Waals surface area (Å²) >= 11 is 5.98. The van der Waals surface area contributed by atoms with Crippen molar-refractivity contribution in [2.45, 2.75) is 6.54 Å². The molecule has 0 unspecified atom stereocenters. The summed E-state index contributed by atoms with van der Waals surface area (Å²) in [6.07, 6.45) is 3.49. The average molecular weight is 430 g/mol. The minimum Gasteiger partial charge on any atom is -0.342 e. The van der Waals surface area contributed by atoms with Gasteiger partial charge in [0.25, 0.3) is 5.91 Å². The third-order valence-corrected chi connectivity index (χ3v) is 5.10. The highest BCUT2D eigenvalue weighted by molar-refractivity contribution is 6.30. The van der Waals surface area contributed by atoms with E-state index in [0.717, 1.165) is 22.0 Å². The first-order chi connectivity index (χ1) is 15.0. The van der Waals surface area contributed by atoms with Gasteiger partial charge >= 0.3 is 0 Å². The van der Waals surface area contributed by atoms with Gasteiger partial charge in [-0.15, -0.1) is 0 Å². The number of anilines is 1. The topological polar surface area (TPSA) is 57.8 Å². The fourth-order valence-electron chi connectivity index (χ4n) is 3.34. The fourth-order valence-corrected chi connectivity index (χ4v) is 3.47. The molecule has 0 spiro atoms. The predicted octanol–water partition coefficient (Wildman–Crippen LogP) is 6.03. The lowest BCUT2D eigenvalue weighted by Crippen LogP contribution is -2.13. The van der Waals surface area contributed by atoms with Crippen LogP contribution >= 0.6 is 11.6 Å². The first-order valence-corrected chi connectivity index (χ1v) is 9.92. The Morgan fingerprint density at radius 3 is 2.48 bits per heavy atom. The van der Waals surface area contributed by atoms with Gasteiger partial charge in [-0.05, 0) is 54.1 Å². The van der Waals surface area contributed by atoms with E-state index in [0.29, 0.717) is 17.3 Å². The van der Waals surface area contributed by atoms with Crippen molar-refractivity contribution in [3.63, 3.8) is 0 Å². The third kappa shape index (κ3) is 4.66. The zero-order valence-corrected chi connectivity index (χ0v) is 17.1. The number of halogens is 2. The number of hydrogen-bond donors (Lipinski definition) is 1. The summed E-state index contributed by atoms with van der Waals surface area (Å²) in [4.78, 5) is 12.6. The molecule has 0 aliphatic rings. The van der Waals surface area contributed by atoms with Crippen LogP contribution in [0.1, 0.15) is 11.1 Å². The number of carbonyl (C=O) groups is 1. The highest BCUT2D eigenvalue weighted by Crippen LogP contribution is 2.25. The molecule has 31 heavy (non-hydrogen) atoms. The van der Waals surface area contributed by atoms with Gasteiger partial charge in [0.2, 0.25) is 0 Å². The number of fused-ring (bicyclic) bond motifs is 1. The molecule has 1 amide bonds. The number of benzene rings is 3. The molecule has 0 saturated carbocycles. The second-order valence-corrected chi connectivity index (χ2v) is 7.42. The maximum Gasteiger partial charge on any atom is 0.266 e. The van der Waals surface area contributed by atoms with Crippen molar-refractivity contribution < 1.29 is 9.18 Å². The Morgan fingerprint density at radius 1 is 1.06 bits per heavy atom. The Bertz CT molecular complexity index is 1320. The Balaban J connectivity index is 1.66. The van der Waals surface area contributed by atoms with Crippen LogP contribution < -0.4 is 5.32 Å². The number of aromatic nitrogens is 1. The zero-order chi connectivity index (χ0) is 21.8. The molecular weight excluding hydrogens is 413 g/mol. The van der Waals surface area contributed by atoms with Crippen molar-refractivity contribution in [2.75, 3.05) is 5.32 Å². The molecule has 3 aromatic carbocycles. The van der Waals surface area contributed by atoms with Crippen molar-refractivity contribution in [3.8, 4) is 6.07 Å². The molecule has 6 heteroatoms. The van der Waals surface area contributed by atoms with Crippen LogP contribution in [0.25, 0.3) is 17.0 Å². The van der Waals surface area contributed by atoms with Crippen LogP contribution in [0.15, 0.2) is 84.6 Å². The summed E-state index contributed by atoms with van der Waals surface area (Å²) < 4.78 is 15.1. The molecule has 0 bridgehead atoms. The molecule has 1 N–H and O–H groups in total. The number of nitrogens with one attached hydrogen (secondary N) is 1. The number of para-hydroxylation sites is 1. The van der Waals surface area contributed by atoms with Gasteiger partial charge < -0.3 is 9.88 Å². The highest BCUT2D eigenvalue weighted by atomic mass is 35.5.